The maximum Gasteiger partial charge on any atom is 0.474 e. The summed E-state index contributed by atoms with van der Waals surface area (Å²) in [6.45, 7) is 57.1. The molecular weight excluding hydrogens is 884 g/mol. The molecule has 0 bridgehead atoms. The van der Waals surface area contributed by atoms with Crippen molar-refractivity contribution >= 4 is 7.82 Å². The molecule has 0 unspecified atom stereocenters. The second-order valence-corrected chi connectivity index (χ2v) is 31.1. The number of ether oxygens (including phenoxy) is 2. The Hall–Kier alpha value is -3.09. The van der Waals surface area contributed by atoms with Crippen LogP contribution in [0.3, 0.4) is 0 Å². The molecule has 7 heteroatoms. The Balaban J connectivity index is 1.98. The summed E-state index contributed by atoms with van der Waals surface area (Å²) in [5.74, 6) is -1.22. The molecule has 2 fully saturated rings. The van der Waals surface area contributed by atoms with Gasteiger partial charge in [-0.25, -0.2) is 4.57 Å². The number of phosphoric ester groups is 1. The maximum absolute atomic E-state index is 16.4. The third-order valence-electron chi connectivity index (χ3n) is 14.8. The number of fused-ring (bicyclic) bond motifs is 1. The molecule has 386 valence electrons. The van der Waals surface area contributed by atoms with Crippen LogP contribution in [0.4, 0.5) is 0 Å². The predicted octanol–water partition coefficient (Wildman–Crippen LogP) is 16.9. The normalized spacial score (nSPS) is 21.1. The van der Waals surface area contributed by atoms with Crippen molar-refractivity contribution in [1.82, 2.24) is 0 Å². The van der Waals surface area contributed by atoms with Crippen LogP contribution in [-0.4, -0.2) is 22.9 Å². The number of benzene rings is 4. The molecule has 2 atom stereocenters. The summed E-state index contributed by atoms with van der Waals surface area (Å²) >= 11 is 0. The van der Waals surface area contributed by atoms with E-state index in [1.807, 2.05) is 13.8 Å². The van der Waals surface area contributed by atoms with Crippen LogP contribution in [0.1, 0.15) is 247 Å². The van der Waals surface area contributed by atoms with Gasteiger partial charge >= 0.3 is 7.82 Å². The molecule has 2 saturated heterocycles. The van der Waals surface area contributed by atoms with E-state index in [1.165, 1.54) is 0 Å². The van der Waals surface area contributed by atoms with Gasteiger partial charge in [0.2, 0.25) is 0 Å². The summed E-state index contributed by atoms with van der Waals surface area (Å²) in [7, 11) is -5.24. The van der Waals surface area contributed by atoms with Crippen LogP contribution < -0.4 is 0 Å². The van der Waals surface area contributed by atoms with E-state index < -0.39 is 37.0 Å². The van der Waals surface area contributed by atoms with Gasteiger partial charge in [0.05, 0.1) is 0 Å². The van der Waals surface area contributed by atoms with Crippen molar-refractivity contribution in [3.8, 4) is 0 Å². The topological polar surface area (TPSA) is 74.2 Å². The van der Waals surface area contributed by atoms with Crippen molar-refractivity contribution in [1.29, 1.82) is 0 Å². The first-order chi connectivity index (χ1) is 31.1. The van der Waals surface area contributed by atoms with Crippen molar-refractivity contribution in [3.05, 3.63) is 140 Å². The van der Waals surface area contributed by atoms with Gasteiger partial charge in [0.15, 0.2) is 17.0 Å². The van der Waals surface area contributed by atoms with E-state index in [0.29, 0.717) is 22.3 Å². The van der Waals surface area contributed by atoms with Gasteiger partial charge in [0.25, 0.3) is 0 Å². The van der Waals surface area contributed by atoms with Crippen LogP contribution in [0.15, 0.2) is 72.8 Å². The Labute approximate surface area is 426 Å². The standard InChI is InChI=1S/C63H93O6P/c1-53(2,3)39-27-40(54(4,5)6)32-47(31-39)62(48-33-41(55(7,8)9)28-42(34-48)56(10,11)12)51-52(67-61(25,26)66-51)63(69-70(64,65)68-62,49-35-43(57(13,14)15)29-44(36-49)58(16,17)18)50-37-45(59(19,20)21)30-46(38-50)60(22,23)24/h27-38,51-52H,1-26H3,(H,64,65)/t51-,52-/m1/s1. The van der Waals surface area contributed by atoms with Gasteiger partial charge in [-0.2, -0.15) is 0 Å². The van der Waals surface area contributed by atoms with Crippen molar-refractivity contribution in [2.75, 3.05) is 0 Å². The summed E-state index contributed by atoms with van der Waals surface area (Å²) in [5.41, 5.74) is 5.33. The summed E-state index contributed by atoms with van der Waals surface area (Å²) in [5, 5.41) is 0. The lowest BCUT2D eigenvalue weighted by Gasteiger charge is -2.44. The lowest BCUT2D eigenvalue weighted by Crippen LogP contribution is -2.54. The van der Waals surface area contributed by atoms with Crippen molar-refractivity contribution in [3.63, 3.8) is 0 Å². The zero-order chi connectivity index (χ0) is 53.4. The van der Waals surface area contributed by atoms with Gasteiger partial charge < -0.3 is 14.4 Å². The van der Waals surface area contributed by atoms with Gasteiger partial charge in [-0.1, -0.05) is 239 Å². The second kappa shape index (κ2) is 17.2. The predicted molar refractivity (Wildman–Crippen MR) is 293 cm³/mol. The van der Waals surface area contributed by atoms with Crippen LogP contribution in [0.5, 0.6) is 0 Å². The summed E-state index contributed by atoms with van der Waals surface area (Å²) in [6.07, 6.45) is -2.13. The first-order valence-electron chi connectivity index (χ1n) is 25.9. The second-order valence-electron chi connectivity index (χ2n) is 29.8. The largest absolute Gasteiger partial charge is 0.474 e. The molecule has 0 aromatic heterocycles. The first-order valence-corrected chi connectivity index (χ1v) is 27.4. The number of phosphoric acid groups is 1. The Kier molecular flexibility index (Phi) is 13.8. The molecule has 0 radical (unpaired) electrons. The van der Waals surface area contributed by atoms with E-state index in [2.05, 4.69) is 239 Å². The third kappa shape index (κ3) is 11.0. The van der Waals surface area contributed by atoms with Crippen LogP contribution in [0.2, 0.25) is 0 Å². The zero-order valence-electron chi connectivity index (χ0n) is 48.5. The van der Waals surface area contributed by atoms with Gasteiger partial charge in [0, 0.05) is 0 Å². The fraction of sp³-hybridized carbons (Fsp3) is 0.619. The van der Waals surface area contributed by atoms with Crippen LogP contribution in [0, 0.1) is 0 Å². The number of rotatable bonds is 4. The average molecular weight is 977 g/mol. The highest BCUT2D eigenvalue weighted by Crippen LogP contribution is 2.68. The van der Waals surface area contributed by atoms with E-state index in [0.717, 1.165) is 44.5 Å². The highest BCUT2D eigenvalue weighted by Gasteiger charge is 2.69. The minimum absolute atomic E-state index is 0.311. The van der Waals surface area contributed by atoms with Gasteiger partial charge in [-0.05, 0) is 124 Å². The van der Waals surface area contributed by atoms with Gasteiger partial charge in [-0.15, -0.1) is 0 Å². The summed E-state index contributed by atoms with van der Waals surface area (Å²) in [6, 6.07) is 26.6. The third-order valence-corrected chi connectivity index (χ3v) is 15.8. The molecule has 2 aliphatic heterocycles. The minimum atomic E-state index is -5.24. The number of hydrogen-bond donors (Lipinski definition) is 1. The Bertz CT molecular complexity index is 2200. The molecule has 0 amide bonds. The molecule has 2 heterocycles. The smallest absolute Gasteiger partial charge is 0.341 e. The number of hydrogen-bond acceptors (Lipinski definition) is 5. The maximum atomic E-state index is 16.4. The summed E-state index contributed by atoms with van der Waals surface area (Å²) in [4.78, 5) is 13.4. The highest BCUT2D eigenvalue weighted by atomic mass is 31.2. The van der Waals surface area contributed by atoms with E-state index >= 15 is 4.57 Å². The van der Waals surface area contributed by atoms with Crippen LogP contribution in [0.25, 0.3) is 0 Å². The monoisotopic (exact) mass is 977 g/mol. The molecular formula is C63H93O6P. The Morgan fingerprint density at radius 2 is 0.500 bits per heavy atom. The van der Waals surface area contributed by atoms with E-state index in [-0.39, 0.29) is 43.3 Å². The van der Waals surface area contributed by atoms with Gasteiger partial charge in [-0.3, -0.25) is 9.05 Å². The fourth-order valence-corrected chi connectivity index (χ4v) is 11.3. The lowest BCUT2D eigenvalue weighted by atomic mass is 9.67. The van der Waals surface area contributed by atoms with E-state index in [1.54, 1.807) is 0 Å². The zero-order valence-corrected chi connectivity index (χ0v) is 49.4. The average Bonchev–Trinajstić information content (AvgIpc) is 3.47. The SMILES string of the molecule is CC1(C)O[C@@H]2[C@@H](O1)C(c1cc(C(C)(C)C)cc(C(C)(C)C)c1)(c1cc(C(C)(C)C)cc(C(C)(C)C)c1)OP(=O)(O)OC2(c1cc(C(C)(C)C)cc(C(C)(C)C)c1)c1cc(C(C)(C)C)cc(C(C)(C)C)c1. The van der Waals surface area contributed by atoms with Crippen LogP contribution >= 0.6 is 7.82 Å². The minimum Gasteiger partial charge on any atom is -0.341 e. The molecule has 6 rings (SSSR count). The summed E-state index contributed by atoms with van der Waals surface area (Å²) < 4.78 is 46.4. The molecule has 1 N–H and O–H groups in total. The van der Waals surface area contributed by atoms with E-state index in [4.69, 9.17) is 18.5 Å². The molecule has 0 aliphatic carbocycles. The lowest BCUT2D eigenvalue weighted by molar-refractivity contribution is -0.178. The first kappa shape index (κ1) is 56.2. The molecule has 70 heavy (non-hydrogen) atoms. The molecule has 2 aliphatic rings. The Morgan fingerprint density at radius 3 is 0.643 bits per heavy atom. The van der Waals surface area contributed by atoms with E-state index in [9.17, 15) is 4.89 Å². The molecule has 0 saturated carbocycles. The molecule has 4 aromatic carbocycles. The molecule has 6 nitrogen and oxygen atoms in total. The Morgan fingerprint density at radius 1 is 0.343 bits per heavy atom. The van der Waals surface area contributed by atoms with Crippen molar-refractivity contribution in [2.45, 2.75) is 253 Å². The van der Waals surface area contributed by atoms with Crippen molar-refractivity contribution < 1.29 is 28.0 Å². The molecule has 0 spiro atoms. The molecule has 4 aromatic rings. The fourth-order valence-electron chi connectivity index (χ4n) is 9.88. The van der Waals surface area contributed by atoms with Crippen molar-refractivity contribution in [2.24, 2.45) is 0 Å². The van der Waals surface area contributed by atoms with Crippen LogP contribution in [-0.2, 0) is 77.6 Å². The van der Waals surface area contributed by atoms with Gasteiger partial charge in [0.1, 0.15) is 12.2 Å². The quantitative estimate of drug-likeness (QED) is 0.205. The highest BCUT2D eigenvalue weighted by molar-refractivity contribution is 7.47.